The number of aromatic amines is 1. The molecule has 0 bridgehead atoms. The lowest BCUT2D eigenvalue weighted by molar-refractivity contribution is -0.147. The van der Waals surface area contributed by atoms with E-state index in [2.05, 4.69) is 16.4 Å². The molecule has 0 atom stereocenters. The predicted molar refractivity (Wildman–Crippen MR) is 104 cm³/mol. The van der Waals surface area contributed by atoms with Crippen molar-refractivity contribution in [3.63, 3.8) is 0 Å². The highest BCUT2D eigenvalue weighted by molar-refractivity contribution is 5.88. The van der Waals surface area contributed by atoms with Gasteiger partial charge in [-0.25, -0.2) is 4.79 Å². The number of nitrogens with one attached hydrogen (secondary N) is 2. The van der Waals surface area contributed by atoms with Crippen LogP contribution in [0.2, 0.25) is 0 Å². The number of hydrogen-bond donors (Lipinski definition) is 3. The molecule has 2 aromatic carbocycles. The van der Waals surface area contributed by atoms with E-state index in [1.807, 2.05) is 48.7 Å². The Morgan fingerprint density at radius 1 is 1.04 bits per heavy atom. The highest BCUT2D eigenvalue weighted by Crippen LogP contribution is 2.30. The first kappa shape index (κ1) is 17.3. The maximum atomic E-state index is 12.5. The van der Waals surface area contributed by atoms with Gasteiger partial charge < -0.3 is 15.4 Å². The van der Waals surface area contributed by atoms with Gasteiger partial charge in [0.15, 0.2) is 0 Å². The van der Waals surface area contributed by atoms with E-state index in [0.717, 1.165) is 23.1 Å². The van der Waals surface area contributed by atoms with Crippen molar-refractivity contribution in [3.05, 3.63) is 71.4 Å². The first-order valence-electron chi connectivity index (χ1n) is 9.24. The molecule has 0 unspecified atom stereocenters. The molecule has 1 aliphatic rings. The van der Waals surface area contributed by atoms with Gasteiger partial charge in [-0.3, -0.25) is 4.79 Å². The molecule has 0 radical (unpaired) electrons. The summed E-state index contributed by atoms with van der Waals surface area (Å²) in [5.41, 5.74) is 3.05. The van der Waals surface area contributed by atoms with Crippen molar-refractivity contribution in [2.24, 2.45) is 0 Å². The van der Waals surface area contributed by atoms with Crippen molar-refractivity contribution in [2.45, 2.75) is 37.6 Å². The lowest BCUT2D eigenvalue weighted by Gasteiger charge is -2.25. The Morgan fingerprint density at radius 3 is 2.41 bits per heavy atom. The summed E-state index contributed by atoms with van der Waals surface area (Å²) in [7, 11) is 0. The number of rotatable bonds is 6. The quantitative estimate of drug-likeness (QED) is 0.630. The molecule has 138 valence electrons. The molecule has 0 spiro atoms. The topological polar surface area (TPSA) is 82.2 Å². The third-order valence-electron chi connectivity index (χ3n) is 5.42. The number of carboxylic acids is 1. The van der Waals surface area contributed by atoms with Gasteiger partial charge in [-0.1, -0.05) is 42.5 Å². The molecule has 0 saturated carbocycles. The SMILES string of the molecule is O=C(CCCc1c[nH]c2ccccc12)NC1(C(=O)O)Cc2ccccc2C1. The fraction of sp³-hybridized carbons (Fsp3) is 0.273. The minimum absolute atomic E-state index is 0.204. The van der Waals surface area contributed by atoms with Gasteiger partial charge in [-0.2, -0.15) is 0 Å². The number of hydrogen-bond acceptors (Lipinski definition) is 2. The van der Waals surface area contributed by atoms with Crippen LogP contribution in [-0.2, 0) is 28.9 Å². The Labute approximate surface area is 157 Å². The van der Waals surface area contributed by atoms with Crippen LogP contribution in [0, 0.1) is 0 Å². The standard InChI is InChI=1S/C22H22N2O3/c25-20(11-5-8-17-14-23-19-10-4-3-9-18(17)19)24-22(21(26)27)12-15-6-1-2-7-16(15)13-22/h1-4,6-7,9-10,14,23H,5,8,11-13H2,(H,24,25)(H,26,27). The van der Waals surface area contributed by atoms with E-state index in [1.54, 1.807) is 0 Å². The highest BCUT2D eigenvalue weighted by Gasteiger charge is 2.45. The number of carbonyl (C=O) groups excluding carboxylic acids is 1. The number of fused-ring (bicyclic) bond motifs is 2. The summed E-state index contributed by atoms with van der Waals surface area (Å²) in [6.45, 7) is 0. The van der Waals surface area contributed by atoms with E-state index < -0.39 is 11.5 Å². The minimum atomic E-state index is -1.22. The summed E-state index contributed by atoms with van der Waals surface area (Å²) in [4.78, 5) is 27.6. The zero-order valence-electron chi connectivity index (χ0n) is 15.0. The average molecular weight is 362 g/mol. The molecule has 5 heteroatoms. The summed E-state index contributed by atoms with van der Waals surface area (Å²) in [6, 6.07) is 15.8. The number of carboxylic acid groups (broad SMARTS) is 1. The van der Waals surface area contributed by atoms with Crippen LogP contribution in [0.4, 0.5) is 0 Å². The van der Waals surface area contributed by atoms with E-state index in [9.17, 15) is 14.7 Å². The first-order valence-corrected chi connectivity index (χ1v) is 9.24. The Kier molecular flexibility index (Phi) is 4.44. The van der Waals surface area contributed by atoms with Gasteiger partial charge in [-0.05, 0) is 35.6 Å². The second kappa shape index (κ2) is 6.91. The van der Waals surface area contributed by atoms with Crippen molar-refractivity contribution in [1.82, 2.24) is 10.3 Å². The third-order valence-corrected chi connectivity index (χ3v) is 5.42. The Balaban J connectivity index is 1.38. The van der Waals surface area contributed by atoms with Gasteiger partial charge in [-0.15, -0.1) is 0 Å². The van der Waals surface area contributed by atoms with Crippen LogP contribution in [-0.4, -0.2) is 27.5 Å². The molecular formula is C22H22N2O3. The summed E-state index contributed by atoms with van der Waals surface area (Å²) in [5.74, 6) is -1.17. The molecule has 0 saturated heterocycles. The number of aryl methyl sites for hydroxylation is 1. The van der Waals surface area contributed by atoms with E-state index in [1.165, 1.54) is 10.9 Å². The van der Waals surface area contributed by atoms with Crippen LogP contribution in [0.1, 0.15) is 29.5 Å². The van der Waals surface area contributed by atoms with Crippen LogP contribution in [0.25, 0.3) is 10.9 Å². The fourth-order valence-corrected chi connectivity index (χ4v) is 4.02. The number of aliphatic carboxylic acids is 1. The number of H-pyrrole nitrogens is 1. The molecule has 0 aliphatic heterocycles. The highest BCUT2D eigenvalue weighted by atomic mass is 16.4. The molecule has 1 aromatic heterocycles. The molecule has 4 rings (SSSR count). The molecular weight excluding hydrogens is 340 g/mol. The third kappa shape index (κ3) is 3.33. The molecule has 27 heavy (non-hydrogen) atoms. The van der Waals surface area contributed by atoms with Gasteiger partial charge in [0.25, 0.3) is 0 Å². The van der Waals surface area contributed by atoms with Crippen LogP contribution >= 0.6 is 0 Å². The van der Waals surface area contributed by atoms with Gasteiger partial charge >= 0.3 is 5.97 Å². The van der Waals surface area contributed by atoms with Crippen molar-refractivity contribution >= 4 is 22.8 Å². The molecule has 1 amide bonds. The Morgan fingerprint density at radius 2 is 1.70 bits per heavy atom. The maximum Gasteiger partial charge on any atom is 0.330 e. The van der Waals surface area contributed by atoms with Gasteiger partial charge in [0.05, 0.1) is 0 Å². The monoisotopic (exact) mass is 362 g/mol. The van der Waals surface area contributed by atoms with Gasteiger partial charge in [0, 0.05) is 36.4 Å². The molecule has 5 nitrogen and oxygen atoms in total. The normalized spacial score (nSPS) is 14.8. The van der Waals surface area contributed by atoms with Crippen molar-refractivity contribution < 1.29 is 14.7 Å². The number of para-hydroxylation sites is 1. The Hall–Kier alpha value is -3.08. The first-order chi connectivity index (χ1) is 13.1. The fourth-order valence-electron chi connectivity index (χ4n) is 4.02. The smallest absolute Gasteiger partial charge is 0.330 e. The van der Waals surface area contributed by atoms with E-state index in [-0.39, 0.29) is 5.91 Å². The predicted octanol–water partition coefficient (Wildman–Crippen LogP) is 3.23. The molecule has 3 N–H and O–H groups in total. The van der Waals surface area contributed by atoms with E-state index in [0.29, 0.717) is 25.7 Å². The van der Waals surface area contributed by atoms with Crippen molar-refractivity contribution in [2.75, 3.05) is 0 Å². The van der Waals surface area contributed by atoms with Crippen molar-refractivity contribution in [1.29, 1.82) is 0 Å². The largest absolute Gasteiger partial charge is 0.479 e. The zero-order valence-corrected chi connectivity index (χ0v) is 15.0. The van der Waals surface area contributed by atoms with Crippen LogP contribution < -0.4 is 5.32 Å². The van der Waals surface area contributed by atoms with E-state index in [4.69, 9.17) is 0 Å². The lowest BCUT2D eigenvalue weighted by atomic mass is 9.95. The number of amides is 1. The second-order valence-electron chi connectivity index (χ2n) is 7.27. The lowest BCUT2D eigenvalue weighted by Crippen LogP contribution is -2.55. The average Bonchev–Trinajstić information content (AvgIpc) is 3.23. The van der Waals surface area contributed by atoms with Gasteiger partial charge in [0.1, 0.15) is 5.54 Å². The van der Waals surface area contributed by atoms with Gasteiger partial charge in [0.2, 0.25) is 5.91 Å². The summed E-state index contributed by atoms with van der Waals surface area (Å²) < 4.78 is 0. The zero-order chi connectivity index (χ0) is 18.9. The van der Waals surface area contributed by atoms with Crippen LogP contribution in [0.5, 0.6) is 0 Å². The Bertz CT molecular complexity index is 980. The summed E-state index contributed by atoms with van der Waals surface area (Å²) >= 11 is 0. The van der Waals surface area contributed by atoms with Crippen molar-refractivity contribution in [3.8, 4) is 0 Å². The minimum Gasteiger partial charge on any atom is -0.479 e. The summed E-state index contributed by atoms with van der Waals surface area (Å²) in [5, 5.41) is 13.7. The van der Waals surface area contributed by atoms with Crippen LogP contribution in [0.3, 0.4) is 0 Å². The number of carbonyl (C=O) groups is 2. The van der Waals surface area contributed by atoms with Crippen LogP contribution in [0.15, 0.2) is 54.7 Å². The summed E-state index contributed by atoms with van der Waals surface area (Å²) in [6.07, 6.45) is 4.42. The molecule has 1 aliphatic carbocycles. The number of benzene rings is 2. The molecule has 0 fully saturated rings. The maximum absolute atomic E-state index is 12.5. The molecule has 1 heterocycles. The molecule has 3 aromatic rings. The second-order valence-corrected chi connectivity index (χ2v) is 7.27. The number of aromatic nitrogens is 1. The van der Waals surface area contributed by atoms with E-state index >= 15 is 0 Å².